The number of aliphatic hydroxyl groups excluding tert-OH is 1. The topological polar surface area (TPSA) is 81.7 Å². The lowest BCUT2D eigenvalue weighted by atomic mass is 10.1. The van der Waals surface area contributed by atoms with Crippen molar-refractivity contribution in [2.75, 3.05) is 32.8 Å². The Morgan fingerprint density at radius 2 is 2.17 bits per heavy atom. The number of nitrogens with one attached hydrogen (secondary N) is 2. The monoisotopic (exact) mass is 317 g/mol. The molecule has 1 atom stereocenters. The Bertz CT molecular complexity index is 545. The Kier molecular flexibility index (Phi) is 6.77. The SMILES string of the molecule is O=C(CC1C(=O)NCCN1C/C=C/c1ccccc1)NCCO. The van der Waals surface area contributed by atoms with Crippen molar-refractivity contribution < 1.29 is 14.7 Å². The van der Waals surface area contributed by atoms with Gasteiger partial charge in [-0.25, -0.2) is 0 Å². The van der Waals surface area contributed by atoms with E-state index in [0.29, 0.717) is 19.6 Å². The maximum absolute atomic E-state index is 12.0. The highest BCUT2D eigenvalue weighted by Crippen LogP contribution is 2.10. The highest BCUT2D eigenvalue weighted by atomic mass is 16.3. The van der Waals surface area contributed by atoms with E-state index in [9.17, 15) is 9.59 Å². The first-order valence-electron chi connectivity index (χ1n) is 7.81. The Hall–Kier alpha value is -2.18. The zero-order valence-corrected chi connectivity index (χ0v) is 13.1. The molecule has 3 N–H and O–H groups in total. The quantitative estimate of drug-likeness (QED) is 0.661. The van der Waals surface area contributed by atoms with Crippen LogP contribution in [0.1, 0.15) is 12.0 Å². The van der Waals surface area contributed by atoms with Crippen LogP contribution >= 0.6 is 0 Å². The molecule has 1 aromatic rings. The molecule has 1 heterocycles. The summed E-state index contributed by atoms with van der Waals surface area (Å²) in [6, 6.07) is 9.47. The van der Waals surface area contributed by atoms with Gasteiger partial charge in [0.05, 0.1) is 19.1 Å². The van der Waals surface area contributed by atoms with Gasteiger partial charge in [0.1, 0.15) is 0 Å². The molecule has 124 valence electrons. The molecule has 0 radical (unpaired) electrons. The number of aliphatic hydroxyl groups is 1. The van der Waals surface area contributed by atoms with Crippen LogP contribution in [0.15, 0.2) is 36.4 Å². The Morgan fingerprint density at radius 3 is 2.91 bits per heavy atom. The van der Waals surface area contributed by atoms with Crippen molar-refractivity contribution in [1.29, 1.82) is 0 Å². The Labute approximate surface area is 136 Å². The average molecular weight is 317 g/mol. The lowest BCUT2D eigenvalue weighted by molar-refractivity contribution is -0.133. The van der Waals surface area contributed by atoms with Crippen LogP contribution in [-0.2, 0) is 9.59 Å². The van der Waals surface area contributed by atoms with Crippen LogP contribution in [0.5, 0.6) is 0 Å². The molecule has 1 aliphatic rings. The predicted octanol–water partition coefficient (Wildman–Crippen LogP) is -0.00120. The van der Waals surface area contributed by atoms with E-state index < -0.39 is 6.04 Å². The molecule has 0 aliphatic carbocycles. The molecule has 1 aliphatic heterocycles. The van der Waals surface area contributed by atoms with Gasteiger partial charge in [0.25, 0.3) is 0 Å². The van der Waals surface area contributed by atoms with Gasteiger partial charge >= 0.3 is 0 Å². The number of carbonyl (C=O) groups is 2. The number of hydrogen-bond acceptors (Lipinski definition) is 4. The second-order valence-corrected chi connectivity index (χ2v) is 5.39. The minimum atomic E-state index is -0.470. The van der Waals surface area contributed by atoms with Gasteiger partial charge in [0.15, 0.2) is 0 Å². The number of nitrogens with zero attached hydrogens (tertiary/aromatic N) is 1. The third kappa shape index (κ3) is 5.50. The van der Waals surface area contributed by atoms with Crippen molar-refractivity contribution >= 4 is 17.9 Å². The van der Waals surface area contributed by atoms with Crippen molar-refractivity contribution in [3.05, 3.63) is 42.0 Å². The summed E-state index contributed by atoms with van der Waals surface area (Å²) in [7, 11) is 0. The molecule has 1 saturated heterocycles. The first kappa shape index (κ1) is 17.2. The Balaban J connectivity index is 1.92. The molecule has 2 rings (SSSR count). The molecule has 0 aromatic heterocycles. The third-order valence-corrected chi connectivity index (χ3v) is 3.70. The van der Waals surface area contributed by atoms with Gasteiger partial charge in [0, 0.05) is 26.2 Å². The van der Waals surface area contributed by atoms with Crippen LogP contribution in [0.4, 0.5) is 0 Å². The van der Waals surface area contributed by atoms with E-state index in [1.807, 2.05) is 47.4 Å². The third-order valence-electron chi connectivity index (χ3n) is 3.70. The van der Waals surface area contributed by atoms with Crippen LogP contribution in [0.25, 0.3) is 6.08 Å². The summed E-state index contributed by atoms with van der Waals surface area (Å²) in [6.07, 6.45) is 4.12. The lowest BCUT2D eigenvalue weighted by Gasteiger charge is -2.33. The highest BCUT2D eigenvalue weighted by molar-refractivity contribution is 5.88. The van der Waals surface area contributed by atoms with Crippen molar-refractivity contribution in [2.45, 2.75) is 12.5 Å². The number of hydrogen-bond donors (Lipinski definition) is 3. The van der Waals surface area contributed by atoms with E-state index in [1.54, 1.807) is 0 Å². The van der Waals surface area contributed by atoms with Gasteiger partial charge < -0.3 is 15.7 Å². The highest BCUT2D eigenvalue weighted by Gasteiger charge is 2.30. The molecule has 0 saturated carbocycles. The minimum Gasteiger partial charge on any atom is -0.395 e. The summed E-state index contributed by atoms with van der Waals surface area (Å²) in [5, 5.41) is 14.1. The van der Waals surface area contributed by atoms with E-state index in [1.165, 1.54) is 0 Å². The second-order valence-electron chi connectivity index (χ2n) is 5.39. The molecule has 23 heavy (non-hydrogen) atoms. The molecule has 1 aromatic carbocycles. The first-order valence-corrected chi connectivity index (χ1v) is 7.81. The molecule has 0 spiro atoms. The van der Waals surface area contributed by atoms with Gasteiger partial charge in [-0.2, -0.15) is 0 Å². The maximum Gasteiger partial charge on any atom is 0.237 e. The first-order chi connectivity index (χ1) is 11.2. The molecule has 6 heteroatoms. The summed E-state index contributed by atoms with van der Waals surface area (Å²) >= 11 is 0. The fraction of sp³-hybridized carbons (Fsp3) is 0.412. The van der Waals surface area contributed by atoms with Crippen LogP contribution in [-0.4, -0.2) is 60.6 Å². The number of piperazine rings is 1. The van der Waals surface area contributed by atoms with Gasteiger partial charge in [-0.3, -0.25) is 14.5 Å². The summed E-state index contributed by atoms with van der Waals surface area (Å²) in [5.74, 6) is -0.346. The normalized spacial score (nSPS) is 18.8. The number of rotatable bonds is 7. The molecular formula is C17H23N3O3. The lowest BCUT2D eigenvalue weighted by Crippen LogP contribution is -2.56. The summed E-state index contributed by atoms with van der Waals surface area (Å²) < 4.78 is 0. The van der Waals surface area contributed by atoms with E-state index in [4.69, 9.17) is 5.11 Å². The van der Waals surface area contributed by atoms with Crippen molar-refractivity contribution in [1.82, 2.24) is 15.5 Å². The minimum absolute atomic E-state index is 0.102. The number of carbonyl (C=O) groups excluding carboxylic acids is 2. The number of amides is 2. The fourth-order valence-electron chi connectivity index (χ4n) is 2.53. The molecule has 1 fully saturated rings. The second kappa shape index (κ2) is 9.07. The smallest absolute Gasteiger partial charge is 0.237 e. The number of benzene rings is 1. The van der Waals surface area contributed by atoms with Crippen molar-refractivity contribution in [2.24, 2.45) is 0 Å². The largest absolute Gasteiger partial charge is 0.395 e. The van der Waals surface area contributed by atoms with E-state index in [2.05, 4.69) is 10.6 Å². The van der Waals surface area contributed by atoms with Crippen LogP contribution in [0, 0.1) is 0 Å². The van der Waals surface area contributed by atoms with Crippen LogP contribution in [0.2, 0.25) is 0 Å². The van der Waals surface area contributed by atoms with Gasteiger partial charge in [-0.15, -0.1) is 0 Å². The maximum atomic E-state index is 12.0. The summed E-state index contributed by atoms with van der Waals surface area (Å²) in [5.41, 5.74) is 1.10. The van der Waals surface area contributed by atoms with E-state index in [-0.39, 0.29) is 31.4 Å². The molecule has 2 amide bonds. The predicted molar refractivity (Wildman–Crippen MR) is 88.6 cm³/mol. The summed E-state index contributed by atoms with van der Waals surface area (Å²) in [4.78, 5) is 25.8. The van der Waals surface area contributed by atoms with Crippen molar-refractivity contribution in [3.8, 4) is 0 Å². The Morgan fingerprint density at radius 1 is 1.39 bits per heavy atom. The molecule has 0 bridgehead atoms. The van der Waals surface area contributed by atoms with E-state index >= 15 is 0 Å². The fourth-order valence-corrected chi connectivity index (χ4v) is 2.53. The van der Waals surface area contributed by atoms with Gasteiger partial charge in [0.2, 0.25) is 11.8 Å². The molecule has 6 nitrogen and oxygen atoms in total. The van der Waals surface area contributed by atoms with Crippen LogP contribution in [0.3, 0.4) is 0 Å². The standard InChI is InChI=1S/C17H23N3O3/c21-12-9-18-16(22)13-15-17(23)19-8-11-20(15)10-4-7-14-5-2-1-3-6-14/h1-7,15,21H,8-13H2,(H,18,22)(H,19,23)/b7-4+. The van der Waals surface area contributed by atoms with E-state index in [0.717, 1.165) is 5.56 Å². The zero-order chi connectivity index (χ0) is 16.5. The summed E-state index contributed by atoms with van der Waals surface area (Å²) in [6.45, 7) is 2.02. The van der Waals surface area contributed by atoms with Crippen LogP contribution < -0.4 is 10.6 Å². The van der Waals surface area contributed by atoms with Crippen molar-refractivity contribution in [3.63, 3.8) is 0 Å². The van der Waals surface area contributed by atoms with Gasteiger partial charge in [-0.1, -0.05) is 42.5 Å². The average Bonchev–Trinajstić information content (AvgIpc) is 2.57. The van der Waals surface area contributed by atoms with Gasteiger partial charge in [-0.05, 0) is 5.56 Å². The molecule has 1 unspecified atom stereocenters. The zero-order valence-electron chi connectivity index (χ0n) is 13.1. The molecular weight excluding hydrogens is 294 g/mol.